The minimum absolute atomic E-state index is 0.0527. The number of nitrogens with two attached hydrogens (primary N) is 1. The van der Waals surface area contributed by atoms with Crippen molar-refractivity contribution in [3.63, 3.8) is 0 Å². The number of H-pyrrole nitrogens is 1. The van der Waals surface area contributed by atoms with Crippen LogP contribution in [0.25, 0.3) is 0 Å². The summed E-state index contributed by atoms with van der Waals surface area (Å²) in [4.78, 5) is 41.5. The number of amides is 1. The van der Waals surface area contributed by atoms with Crippen molar-refractivity contribution in [3.8, 4) is 5.75 Å². The summed E-state index contributed by atoms with van der Waals surface area (Å²) >= 11 is 12.2. The lowest BCUT2D eigenvalue weighted by Crippen LogP contribution is -2.46. The van der Waals surface area contributed by atoms with Gasteiger partial charge in [-0.25, -0.2) is 4.79 Å². The van der Waals surface area contributed by atoms with Gasteiger partial charge in [-0.05, 0) is 31.9 Å². The molecule has 3 N–H and O–H groups in total. The Bertz CT molecular complexity index is 1020. The lowest BCUT2D eigenvalue weighted by atomic mass is 10.2. The monoisotopic (exact) mass is 456 g/mol. The molecule has 0 aliphatic carbocycles. The Morgan fingerprint density at radius 1 is 1.27 bits per heavy atom. The molecule has 0 saturated heterocycles. The molecule has 1 unspecified atom stereocenters. The Morgan fingerprint density at radius 3 is 2.60 bits per heavy atom. The standard InChI is InChI=1S/C20H26Cl2N4O4/c1-4-6-11-25(16-17(23)26(10-5-2)20(29)24-18(16)27)19(28)12(3)30-14-9-7-8-13(21)15(14)22/h7-9,12H,4-6,10-11,23H2,1-3H3,(H,24,27,29). The van der Waals surface area contributed by atoms with Crippen LogP contribution in [0.15, 0.2) is 27.8 Å². The lowest BCUT2D eigenvalue weighted by Gasteiger charge is -2.27. The maximum atomic E-state index is 13.2. The number of aromatic amines is 1. The number of carbonyl (C=O) groups excluding carboxylic acids is 1. The van der Waals surface area contributed by atoms with E-state index in [2.05, 4.69) is 4.98 Å². The summed E-state index contributed by atoms with van der Waals surface area (Å²) in [5, 5.41) is 0.483. The topological polar surface area (TPSA) is 110 Å². The number of ether oxygens (including phenoxy) is 1. The zero-order valence-corrected chi connectivity index (χ0v) is 18.7. The van der Waals surface area contributed by atoms with Crippen molar-refractivity contribution in [2.45, 2.75) is 52.7 Å². The second kappa shape index (κ2) is 10.5. The van der Waals surface area contributed by atoms with Crippen LogP contribution in [-0.4, -0.2) is 28.1 Å². The number of nitrogens with one attached hydrogen (secondary N) is 1. The van der Waals surface area contributed by atoms with E-state index < -0.39 is 23.3 Å². The Kier molecular flexibility index (Phi) is 8.37. The van der Waals surface area contributed by atoms with Crippen LogP contribution in [0.3, 0.4) is 0 Å². The predicted octanol–water partition coefficient (Wildman–Crippen LogP) is 3.44. The molecule has 0 spiro atoms. The number of carbonyl (C=O) groups is 1. The first-order valence-electron chi connectivity index (χ1n) is 9.77. The van der Waals surface area contributed by atoms with E-state index in [4.69, 9.17) is 33.7 Å². The number of rotatable bonds is 9. The fourth-order valence-electron chi connectivity index (χ4n) is 2.97. The van der Waals surface area contributed by atoms with Crippen LogP contribution < -0.4 is 26.6 Å². The van der Waals surface area contributed by atoms with E-state index in [9.17, 15) is 14.4 Å². The molecule has 1 heterocycles. The second-order valence-corrected chi connectivity index (χ2v) is 7.59. The largest absolute Gasteiger partial charge is 0.479 e. The Labute approximate surface area is 184 Å². The highest BCUT2D eigenvalue weighted by atomic mass is 35.5. The van der Waals surface area contributed by atoms with E-state index >= 15 is 0 Å². The first kappa shape index (κ1) is 23.8. The number of unbranched alkanes of at least 4 members (excludes halogenated alkanes) is 1. The van der Waals surface area contributed by atoms with Crippen molar-refractivity contribution in [1.29, 1.82) is 0 Å². The van der Waals surface area contributed by atoms with Gasteiger partial charge in [0, 0.05) is 13.1 Å². The third kappa shape index (κ3) is 5.17. The van der Waals surface area contributed by atoms with E-state index in [1.165, 1.54) is 9.47 Å². The maximum Gasteiger partial charge on any atom is 0.330 e. The molecule has 0 bridgehead atoms. The number of anilines is 2. The molecule has 30 heavy (non-hydrogen) atoms. The number of hydrogen-bond donors (Lipinski definition) is 2. The molecule has 1 aromatic heterocycles. The fourth-order valence-corrected chi connectivity index (χ4v) is 3.30. The Morgan fingerprint density at radius 2 is 1.97 bits per heavy atom. The van der Waals surface area contributed by atoms with Crippen LogP contribution in [0.2, 0.25) is 10.0 Å². The van der Waals surface area contributed by atoms with Crippen molar-refractivity contribution in [2.24, 2.45) is 0 Å². The van der Waals surface area contributed by atoms with Crippen LogP contribution in [0.4, 0.5) is 11.5 Å². The summed E-state index contributed by atoms with van der Waals surface area (Å²) in [7, 11) is 0. The van der Waals surface area contributed by atoms with Gasteiger partial charge in [-0.1, -0.05) is 49.5 Å². The third-order valence-electron chi connectivity index (χ3n) is 4.50. The third-order valence-corrected chi connectivity index (χ3v) is 5.30. The zero-order valence-electron chi connectivity index (χ0n) is 17.2. The number of benzene rings is 1. The highest BCUT2D eigenvalue weighted by molar-refractivity contribution is 6.42. The van der Waals surface area contributed by atoms with Crippen LogP contribution >= 0.6 is 23.2 Å². The van der Waals surface area contributed by atoms with Gasteiger partial charge < -0.3 is 15.4 Å². The van der Waals surface area contributed by atoms with Crippen molar-refractivity contribution in [3.05, 3.63) is 49.1 Å². The number of hydrogen-bond acceptors (Lipinski definition) is 5. The maximum absolute atomic E-state index is 13.2. The van der Waals surface area contributed by atoms with Gasteiger partial charge in [0.15, 0.2) is 11.8 Å². The number of nitrogen functional groups attached to an aromatic ring is 1. The van der Waals surface area contributed by atoms with Gasteiger partial charge in [-0.3, -0.25) is 19.1 Å². The average Bonchev–Trinajstić information content (AvgIpc) is 2.70. The molecule has 2 rings (SSSR count). The van der Waals surface area contributed by atoms with Crippen molar-refractivity contribution >= 4 is 40.6 Å². The quantitative estimate of drug-likeness (QED) is 0.600. The van der Waals surface area contributed by atoms with E-state index in [-0.39, 0.29) is 28.8 Å². The molecule has 0 saturated carbocycles. The van der Waals surface area contributed by atoms with Gasteiger partial charge >= 0.3 is 5.69 Å². The molecular weight excluding hydrogens is 431 g/mol. The Balaban J connectivity index is 2.46. The smallest absolute Gasteiger partial charge is 0.330 e. The minimum Gasteiger partial charge on any atom is -0.479 e. The highest BCUT2D eigenvalue weighted by Gasteiger charge is 2.29. The van der Waals surface area contributed by atoms with Gasteiger partial charge in [0.2, 0.25) is 0 Å². The first-order valence-corrected chi connectivity index (χ1v) is 10.5. The molecule has 10 heteroatoms. The molecule has 1 amide bonds. The summed E-state index contributed by atoms with van der Waals surface area (Å²) < 4.78 is 6.97. The summed E-state index contributed by atoms with van der Waals surface area (Å²) in [6.07, 6.45) is 1.06. The summed E-state index contributed by atoms with van der Waals surface area (Å²) in [6, 6.07) is 4.85. The van der Waals surface area contributed by atoms with E-state index in [1.807, 2.05) is 13.8 Å². The van der Waals surface area contributed by atoms with Gasteiger partial charge in [0.05, 0.1) is 5.02 Å². The summed E-state index contributed by atoms with van der Waals surface area (Å²) in [5.41, 5.74) is 4.76. The summed E-state index contributed by atoms with van der Waals surface area (Å²) in [6.45, 7) is 5.94. The van der Waals surface area contributed by atoms with E-state index in [1.54, 1.807) is 25.1 Å². The number of halogens is 2. The highest BCUT2D eigenvalue weighted by Crippen LogP contribution is 2.32. The fraction of sp³-hybridized carbons (Fsp3) is 0.450. The molecular formula is C20H26Cl2N4O4. The molecule has 0 fully saturated rings. The van der Waals surface area contributed by atoms with Gasteiger partial charge in [0.1, 0.15) is 16.6 Å². The van der Waals surface area contributed by atoms with Crippen molar-refractivity contribution < 1.29 is 9.53 Å². The second-order valence-electron chi connectivity index (χ2n) is 6.80. The minimum atomic E-state index is -0.983. The van der Waals surface area contributed by atoms with Gasteiger partial charge in [-0.2, -0.15) is 0 Å². The number of aromatic nitrogens is 2. The lowest BCUT2D eigenvalue weighted by molar-refractivity contribution is -0.124. The van der Waals surface area contributed by atoms with Crippen molar-refractivity contribution in [2.75, 3.05) is 17.2 Å². The van der Waals surface area contributed by atoms with Crippen LogP contribution in [0.1, 0.15) is 40.0 Å². The average molecular weight is 457 g/mol. The van der Waals surface area contributed by atoms with E-state index in [0.29, 0.717) is 24.4 Å². The van der Waals surface area contributed by atoms with Gasteiger partial charge in [-0.15, -0.1) is 0 Å². The zero-order chi connectivity index (χ0) is 22.4. The van der Waals surface area contributed by atoms with Crippen LogP contribution in [0.5, 0.6) is 5.75 Å². The Hall–Kier alpha value is -2.45. The molecule has 0 radical (unpaired) electrons. The van der Waals surface area contributed by atoms with Gasteiger partial charge in [0.25, 0.3) is 11.5 Å². The summed E-state index contributed by atoms with van der Waals surface area (Å²) in [5.74, 6) is -0.292. The molecule has 0 aliphatic heterocycles. The molecule has 0 aliphatic rings. The normalized spacial score (nSPS) is 11.9. The predicted molar refractivity (Wildman–Crippen MR) is 120 cm³/mol. The molecule has 1 aromatic carbocycles. The first-order chi connectivity index (χ1) is 14.2. The van der Waals surface area contributed by atoms with Crippen LogP contribution in [0, 0.1) is 0 Å². The molecule has 1 atom stereocenters. The molecule has 8 nitrogen and oxygen atoms in total. The van der Waals surface area contributed by atoms with E-state index in [0.717, 1.165) is 6.42 Å². The molecule has 2 aromatic rings. The number of nitrogens with zero attached hydrogens (tertiary/aromatic N) is 2. The SMILES string of the molecule is CCCCN(C(=O)C(C)Oc1cccc(Cl)c1Cl)c1c(N)n(CCC)c(=O)[nH]c1=O. The molecule has 164 valence electrons. The van der Waals surface area contributed by atoms with Crippen molar-refractivity contribution in [1.82, 2.24) is 9.55 Å². The van der Waals surface area contributed by atoms with Crippen LogP contribution in [-0.2, 0) is 11.3 Å².